The molecule has 1 aliphatic carbocycles. The van der Waals surface area contributed by atoms with Crippen LogP contribution in [-0.2, 0) is 38.1 Å². The first kappa shape index (κ1) is 18.9. The Hall–Kier alpha value is -2.12. The molecule has 1 rings (SSSR count). The second-order valence-corrected chi connectivity index (χ2v) is 5.48. The first-order valence-electron chi connectivity index (χ1n) is 7.34. The molecule has 1 fully saturated rings. The normalized spacial score (nSPS) is 26.8. The van der Waals surface area contributed by atoms with Crippen LogP contribution in [0, 0.1) is 5.92 Å². The largest absolute Gasteiger partial charge is 0.465 e. The molecule has 0 unspecified atom stereocenters. The van der Waals surface area contributed by atoms with Gasteiger partial charge in [-0.2, -0.15) is 0 Å². The van der Waals surface area contributed by atoms with Crippen molar-refractivity contribution < 1.29 is 38.1 Å². The lowest BCUT2D eigenvalue weighted by molar-refractivity contribution is -0.185. The molecule has 1 saturated carbocycles. The summed E-state index contributed by atoms with van der Waals surface area (Å²) in [6.07, 6.45) is -1.56. The Morgan fingerprint density at radius 3 is 1.57 bits per heavy atom. The van der Waals surface area contributed by atoms with Gasteiger partial charge < -0.3 is 18.9 Å². The van der Waals surface area contributed by atoms with Gasteiger partial charge in [0.2, 0.25) is 0 Å². The summed E-state index contributed by atoms with van der Waals surface area (Å²) >= 11 is 0. The maximum Gasteiger partial charge on any atom is 0.303 e. The van der Waals surface area contributed by atoms with Crippen molar-refractivity contribution in [2.24, 2.45) is 5.92 Å². The van der Waals surface area contributed by atoms with E-state index < -0.39 is 42.2 Å². The van der Waals surface area contributed by atoms with Gasteiger partial charge in [0.05, 0.1) is 6.61 Å². The number of hydrogen-bond donors (Lipinski definition) is 0. The summed E-state index contributed by atoms with van der Waals surface area (Å²) in [6.45, 7) is 5.06. The summed E-state index contributed by atoms with van der Waals surface area (Å²) in [5.74, 6) is -2.33. The van der Waals surface area contributed by atoms with Crippen LogP contribution >= 0.6 is 0 Å². The maximum atomic E-state index is 11.3. The van der Waals surface area contributed by atoms with Crippen molar-refractivity contribution in [1.82, 2.24) is 0 Å². The van der Waals surface area contributed by atoms with Crippen LogP contribution in [-0.4, -0.2) is 48.8 Å². The molecule has 0 saturated heterocycles. The molecule has 0 aromatic rings. The van der Waals surface area contributed by atoms with Gasteiger partial charge in [-0.3, -0.25) is 19.2 Å². The molecule has 0 amide bonds. The lowest BCUT2D eigenvalue weighted by Gasteiger charge is -2.39. The standard InChI is InChI=1S/C15H22O8/c1-8(16)20-7-12-5-14(22-10(3)18)15(23-11(4)19)6-13(12)21-9(2)17/h12-15H,5-7H2,1-4H3/t12-,13+,14-,15+/m1/s1. The van der Waals surface area contributed by atoms with Crippen LogP contribution in [0.5, 0.6) is 0 Å². The quantitative estimate of drug-likeness (QED) is 0.537. The topological polar surface area (TPSA) is 105 Å². The third-order valence-corrected chi connectivity index (χ3v) is 3.39. The molecule has 1 aliphatic rings. The Morgan fingerprint density at radius 2 is 1.13 bits per heavy atom. The Bertz CT molecular complexity index is 472. The molecule has 0 aliphatic heterocycles. The fourth-order valence-corrected chi connectivity index (χ4v) is 2.61. The molecule has 23 heavy (non-hydrogen) atoms. The van der Waals surface area contributed by atoms with Crippen molar-refractivity contribution in [1.29, 1.82) is 0 Å². The van der Waals surface area contributed by atoms with Crippen LogP contribution in [0.2, 0.25) is 0 Å². The molecule has 0 bridgehead atoms. The minimum atomic E-state index is -0.714. The summed E-state index contributed by atoms with van der Waals surface area (Å²) in [5.41, 5.74) is 0. The minimum absolute atomic E-state index is 0.0256. The number of hydrogen-bond acceptors (Lipinski definition) is 8. The van der Waals surface area contributed by atoms with Crippen molar-refractivity contribution in [3.63, 3.8) is 0 Å². The van der Waals surface area contributed by atoms with Crippen LogP contribution in [0.3, 0.4) is 0 Å². The molecule has 0 aromatic heterocycles. The van der Waals surface area contributed by atoms with Gasteiger partial charge >= 0.3 is 23.9 Å². The third kappa shape index (κ3) is 6.66. The fraction of sp³-hybridized carbons (Fsp3) is 0.733. The van der Waals surface area contributed by atoms with E-state index in [2.05, 4.69) is 0 Å². The summed E-state index contributed by atoms with van der Waals surface area (Å²) in [4.78, 5) is 44.7. The van der Waals surface area contributed by atoms with Gasteiger partial charge in [0.1, 0.15) is 18.3 Å². The fourth-order valence-electron chi connectivity index (χ4n) is 2.61. The van der Waals surface area contributed by atoms with E-state index in [1.54, 1.807) is 0 Å². The Morgan fingerprint density at radius 1 is 0.696 bits per heavy atom. The molecule has 0 spiro atoms. The van der Waals surface area contributed by atoms with E-state index in [1.165, 1.54) is 27.7 Å². The Labute approximate surface area is 134 Å². The van der Waals surface area contributed by atoms with E-state index in [0.717, 1.165) is 0 Å². The lowest BCUT2D eigenvalue weighted by atomic mass is 9.83. The summed E-state index contributed by atoms with van der Waals surface area (Å²) in [7, 11) is 0. The van der Waals surface area contributed by atoms with Crippen LogP contribution in [0.1, 0.15) is 40.5 Å². The van der Waals surface area contributed by atoms with E-state index in [1.807, 2.05) is 0 Å². The first-order valence-corrected chi connectivity index (χ1v) is 7.34. The van der Waals surface area contributed by atoms with Crippen molar-refractivity contribution in [3.8, 4) is 0 Å². The van der Waals surface area contributed by atoms with Crippen LogP contribution in [0.15, 0.2) is 0 Å². The van der Waals surface area contributed by atoms with Gasteiger partial charge in [-0.15, -0.1) is 0 Å². The van der Waals surface area contributed by atoms with Crippen molar-refractivity contribution in [2.75, 3.05) is 6.61 Å². The zero-order chi connectivity index (χ0) is 17.6. The molecule has 130 valence electrons. The van der Waals surface area contributed by atoms with Crippen LogP contribution in [0.25, 0.3) is 0 Å². The minimum Gasteiger partial charge on any atom is -0.465 e. The van der Waals surface area contributed by atoms with Crippen molar-refractivity contribution in [3.05, 3.63) is 0 Å². The predicted molar refractivity (Wildman–Crippen MR) is 76.0 cm³/mol. The van der Waals surface area contributed by atoms with Crippen molar-refractivity contribution in [2.45, 2.75) is 58.8 Å². The molecular formula is C15H22O8. The van der Waals surface area contributed by atoms with Crippen LogP contribution < -0.4 is 0 Å². The van der Waals surface area contributed by atoms with Gasteiger partial charge in [0.25, 0.3) is 0 Å². The average Bonchev–Trinajstić information content (AvgIpc) is 2.38. The summed E-state index contributed by atoms with van der Waals surface area (Å²) in [5, 5.41) is 0. The SMILES string of the molecule is CC(=O)OC[C@H]1C[C@@H](OC(C)=O)[C@@H](OC(C)=O)C[C@@H]1OC(C)=O. The van der Waals surface area contributed by atoms with E-state index in [9.17, 15) is 19.2 Å². The Kier molecular flexibility index (Phi) is 6.99. The second kappa shape index (κ2) is 8.50. The predicted octanol–water partition coefficient (Wildman–Crippen LogP) is 0.755. The van der Waals surface area contributed by atoms with Crippen LogP contribution in [0.4, 0.5) is 0 Å². The molecule has 0 heterocycles. The van der Waals surface area contributed by atoms with E-state index in [-0.39, 0.29) is 25.4 Å². The van der Waals surface area contributed by atoms with Gasteiger partial charge in [-0.25, -0.2) is 0 Å². The zero-order valence-corrected chi connectivity index (χ0v) is 13.7. The second-order valence-electron chi connectivity index (χ2n) is 5.48. The van der Waals surface area contributed by atoms with Gasteiger partial charge in [-0.05, 0) is 6.42 Å². The third-order valence-electron chi connectivity index (χ3n) is 3.39. The molecule has 0 radical (unpaired) electrons. The maximum absolute atomic E-state index is 11.3. The van der Waals surface area contributed by atoms with Gasteiger partial charge in [0.15, 0.2) is 0 Å². The van der Waals surface area contributed by atoms with Gasteiger partial charge in [0, 0.05) is 40.0 Å². The molecule has 0 N–H and O–H groups in total. The van der Waals surface area contributed by atoms with E-state index >= 15 is 0 Å². The summed E-state index contributed by atoms with van der Waals surface area (Å²) < 4.78 is 20.6. The zero-order valence-electron chi connectivity index (χ0n) is 13.7. The first-order chi connectivity index (χ1) is 10.7. The highest BCUT2D eigenvalue weighted by atomic mass is 16.6. The highest BCUT2D eigenvalue weighted by molar-refractivity contribution is 5.68. The number of rotatable bonds is 5. The number of esters is 4. The van der Waals surface area contributed by atoms with Crippen molar-refractivity contribution >= 4 is 23.9 Å². The number of ether oxygens (including phenoxy) is 4. The summed E-state index contributed by atoms with van der Waals surface area (Å²) in [6, 6.07) is 0. The molecule has 8 heteroatoms. The molecule has 8 nitrogen and oxygen atoms in total. The highest BCUT2D eigenvalue weighted by Gasteiger charge is 2.42. The van der Waals surface area contributed by atoms with E-state index in [0.29, 0.717) is 0 Å². The van der Waals surface area contributed by atoms with E-state index in [4.69, 9.17) is 18.9 Å². The monoisotopic (exact) mass is 330 g/mol. The molecule has 4 atom stereocenters. The Balaban J connectivity index is 2.89. The number of carbonyl (C=O) groups is 4. The van der Waals surface area contributed by atoms with Gasteiger partial charge in [-0.1, -0.05) is 0 Å². The number of carbonyl (C=O) groups excluding carboxylic acids is 4. The smallest absolute Gasteiger partial charge is 0.303 e. The average molecular weight is 330 g/mol. The lowest BCUT2D eigenvalue weighted by Crippen LogP contribution is -2.48. The molecule has 0 aromatic carbocycles. The molecular weight excluding hydrogens is 308 g/mol. The highest BCUT2D eigenvalue weighted by Crippen LogP contribution is 2.32.